The van der Waals surface area contributed by atoms with Crippen LogP contribution in [-0.4, -0.2) is 53.5 Å². The second-order valence-corrected chi connectivity index (χ2v) is 12.2. The quantitative estimate of drug-likeness (QED) is 0.320. The molecule has 8 heteroatoms. The van der Waals surface area contributed by atoms with Crippen molar-refractivity contribution in [2.24, 2.45) is 35.0 Å². The fourth-order valence-electron chi connectivity index (χ4n) is 8.20. The number of ketones is 1. The lowest BCUT2D eigenvalue weighted by molar-refractivity contribution is -0.207. The highest BCUT2D eigenvalue weighted by Gasteiger charge is 2.87. The number of allylic oxidation sites excluding steroid dienone is 2. The fraction of sp³-hybridized carbons (Fsp3) is 0.548. The maximum Gasteiger partial charge on any atom is 0.340 e. The summed E-state index contributed by atoms with van der Waals surface area (Å²) in [4.78, 5) is 51.0. The Bertz CT molecular complexity index is 1310. The summed E-state index contributed by atoms with van der Waals surface area (Å²) in [6, 6.07) is 6.97. The number of hydrogen-bond donors (Lipinski definition) is 2. The minimum atomic E-state index is -1.49. The molecular formula is C31H37NO7. The summed E-state index contributed by atoms with van der Waals surface area (Å²) in [5, 5.41) is 15.8. The molecule has 208 valence electrons. The zero-order valence-electron chi connectivity index (χ0n) is 23.3. The van der Waals surface area contributed by atoms with Crippen LogP contribution in [0.25, 0.3) is 0 Å². The van der Waals surface area contributed by atoms with Gasteiger partial charge in [-0.3, -0.25) is 9.59 Å². The number of carbonyl (C=O) groups excluding carboxylic acids is 4. The van der Waals surface area contributed by atoms with Crippen molar-refractivity contribution in [1.29, 1.82) is 0 Å². The Morgan fingerprint density at radius 3 is 2.51 bits per heavy atom. The van der Waals surface area contributed by atoms with Crippen molar-refractivity contribution >= 4 is 29.7 Å². The zero-order chi connectivity index (χ0) is 28.5. The van der Waals surface area contributed by atoms with Crippen molar-refractivity contribution in [2.75, 3.05) is 12.4 Å². The predicted molar refractivity (Wildman–Crippen MR) is 144 cm³/mol. The van der Waals surface area contributed by atoms with Crippen LogP contribution >= 0.6 is 0 Å². The number of anilines is 1. The first kappa shape index (κ1) is 27.3. The van der Waals surface area contributed by atoms with Crippen LogP contribution in [-0.2, 0) is 23.9 Å². The van der Waals surface area contributed by atoms with Gasteiger partial charge in [-0.2, -0.15) is 0 Å². The van der Waals surface area contributed by atoms with Gasteiger partial charge in [0.15, 0.2) is 11.4 Å². The van der Waals surface area contributed by atoms with Crippen LogP contribution in [0.2, 0.25) is 0 Å². The molecule has 0 aliphatic heterocycles. The molecule has 0 unspecified atom stereocenters. The van der Waals surface area contributed by atoms with Crippen molar-refractivity contribution in [3.05, 3.63) is 53.1 Å². The van der Waals surface area contributed by atoms with Gasteiger partial charge in [0.25, 0.3) is 0 Å². The van der Waals surface area contributed by atoms with Crippen LogP contribution < -0.4 is 5.32 Å². The molecule has 0 heterocycles. The second kappa shape index (κ2) is 9.15. The zero-order valence-corrected chi connectivity index (χ0v) is 23.3. The van der Waals surface area contributed by atoms with Gasteiger partial charge in [-0.15, -0.1) is 0 Å². The van der Waals surface area contributed by atoms with Gasteiger partial charge in [0, 0.05) is 61.1 Å². The van der Waals surface area contributed by atoms with Crippen molar-refractivity contribution < 1.29 is 33.8 Å². The molecule has 4 aliphatic rings. The topological polar surface area (TPSA) is 119 Å². The molecular weight excluding hydrogens is 498 g/mol. The monoisotopic (exact) mass is 535 g/mol. The van der Waals surface area contributed by atoms with Crippen molar-refractivity contribution in [1.82, 2.24) is 0 Å². The van der Waals surface area contributed by atoms with Crippen LogP contribution in [0.15, 0.2) is 47.6 Å². The molecule has 0 spiro atoms. The van der Waals surface area contributed by atoms with E-state index in [4.69, 9.17) is 9.47 Å². The highest BCUT2D eigenvalue weighted by Crippen LogP contribution is 2.77. The fourth-order valence-corrected chi connectivity index (χ4v) is 8.20. The Morgan fingerprint density at radius 2 is 1.87 bits per heavy atom. The third kappa shape index (κ3) is 3.67. The SMILES string of the molecule is CNc1ccccc1C(=O)O[C@@H]1[C@@H](C)[C@]2(O)[C@@H]3C=C(C)C(=O)[C@H]3CC(CC=O)=C[C@H]2[C@@H]2C(C)(C)[C@]12OC(C)=O. The molecule has 39 heavy (non-hydrogen) atoms. The molecule has 8 nitrogen and oxygen atoms in total. The van der Waals surface area contributed by atoms with E-state index in [1.165, 1.54) is 6.92 Å². The van der Waals surface area contributed by atoms with Crippen LogP contribution in [0.1, 0.15) is 57.8 Å². The van der Waals surface area contributed by atoms with E-state index in [2.05, 4.69) is 5.32 Å². The standard InChI is InChI=1S/C31H37NO7/c1-16-13-22-21(25(16)35)14-19(11-12-33)15-23-26-29(4,5)31(26,39-18(3)34)27(17(2)30(22,23)37)38-28(36)20-9-7-8-10-24(20)32-6/h7-10,12-13,15,17,21-23,26-27,32,37H,11,14H2,1-6H3/t17-,21+,22-,23+,26-,27-,30+,31-/m1/s1. The normalized spacial score (nSPS) is 37.7. The number of nitrogens with one attached hydrogen (secondary N) is 1. The van der Waals surface area contributed by atoms with Gasteiger partial charge in [-0.05, 0) is 31.1 Å². The number of aliphatic hydroxyl groups is 1. The largest absolute Gasteiger partial charge is 0.454 e. The molecule has 1 aromatic rings. The van der Waals surface area contributed by atoms with Gasteiger partial charge in [0.05, 0.1) is 11.2 Å². The molecule has 0 aromatic heterocycles. The highest BCUT2D eigenvalue weighted by molar-refractivity contribution is 6.00. The number of rotatable bonds is 6. The number of ether oxygens (including phenoxy) is 2. The average molecular weight is 536 g/mol. The van der Waals surface area contributed by atoms with E-state index in [-0.39, 0.29) is 12.2 Å². The molecule has 4 aliphatic carbocycles. The van der Waals surface area contributed by atoms with Crippen molar-refractivity contribution in [2.45, 2.75) is 64.8 Å². The molecule has 8 atom stereocenters. The Labute approximate surface area is 228 Å². The first-order chi connectivity index (χ1) is 18.4. The van der Waals surface area contributed by atoms with Gasteiger partial charge in [0.2, 0.25) is 0 Å². The summed E-state index contributed by atoms with van der Waals surface area (Å²) in [5.74, 6) is -3.83. The molecule has 0 amide bonds. The molecule has 0 radical (unpaired) electrons. The molecule has 1 aromatic carbocycles. The average Bonchev–Trinajstić information content (AvgIpc) is 3.28. The van der Waals surface area contributed by atoms with E-state index >= 15 is 0 Å². The number of benzene rings is 1. The van der Waals surface area contributed by atoms with Gasteiger partial charge >= 0.3 is 11.9 Å². The van der Waals surface area contributed by atoms with Gasteiger partial charge in [0.1, 0.15) is 12.4 Å². The number of aldehydes is 1. The van der Waals surface area contributed by atoms with E-state index in [0.29, 0.717) is 23.2 Å². The van der Waals surface area contributed by atoms with E-state index in [1.807, 2.05) is 32.9 Å². The summed E-state index contributed by atoms with van der Waals surface area (Å²) < 4.78 is 12.4. The van der Waals surface area contributed by atoms with E-state index < -0.39 is 64.2 Å². The number of hydrogen-bond acceptors (Lipinski definition) is 8. The third-order valence-corrected chi connectivity index (χ3v) is 9.99. The molecule has 5 rings (SSSR count). The third-order valence-electron chi connectivity index (χ3n) is 9.99. The lowest BCUT2D eigenvalue weighted by atomic mass is 9.60. The van der Waals surface area contributed by atoms with E-state index in [1.54, 1.807) is 38.2 Å². The minimum absolute atomic E-state index is 0.0403. The van der Waals surface area contributed by atoms with Crippen molar-refractivity contribution in [3.63, 3.8) is 0 Å². The predicted octanol–water partition coefficient (Wildman–Crippen LogP) is 3.89. The molecule has 2 N–H and O–H groups in total. The lowest BCUT2D eigenvalue weighted by Gasteiger charge is -2.52. The summed E-state index contributed by atoms with van der Waals surface area (Å²) in [7, 11) is 1.71. The Hall–Kier alpha value is -3.26. The van der Waals surface area contributed by atoms with Gasteiger partial charge in [-0.25, -0.2) is 4.79 Å². The minimum Gasteiger partial charge on any atom is -0.454 e. The van der Waals surface area contributed by atoms with E-state index in [0.717, 1.165) is 11.9 Å². The lowest BCUT2D eigenvalue weighted by Crippen LogP contribution is -2.63. The number of para-hydroxylation sites is 1. The summed E-state index contributed by atoms with van der Waals surface area (Å²) in [5.41, 5.74) is -1.05. The molecule has 2 fully saturated rings. The smallest absolute Gasteiger partial charge is 0.340 e. The van der Waals surface area contributed by atoms with Gasteiger partial charge in [-0.1, -0.05) is 50.6 Å². The Kier molecular flexibility index (Phi) is 6.41. The first-order valence-corrected chi connectivity index (χ1v) is 13.6. The number of fused-ring (bicyclic) bond motifs is 5. The number of esters is 2. The first-order valence-electron chi connectivity index (χ1n) is 13.6. The maximum atomic E-state index is 13.6. The molecule has 2 saturated carbocycles. The van der Waals surface area contributed by atoms with Crippen LogP contribution in [0.5, 0.6) is 0 Å². The highest BCUT2D eigenvalue weighted by atomic mass is 16.6. The second-order valence-electron chi connectivity index (χ2n) is 12.2. The Morgan fingerprint density at radius 1 is 1.18 bits per heavy atom. The van der Waals surface area contributed by atoms with Crippen LogP contribution in [0.4, 0.5) is 5.69 Å². The number of Topliss-reactive ketones (excluding diaryl/α,β-unsaturated/α-hetero) is 1. The van der Waals surface area contributed by atoms with Crippen molar-refractivity contribution in [3.8, 4) is 0 Å². The maximum absolute atomic E-state index is 13.6. The number of carbonyl (C=O) groups is 4. The Balaban J connectivity index is 1.68. The summed E-state index contributed by atoms with van der Waals surface area (Å²) >= 11 is 0. The van der Waals surface area contributed by atoms with Crippen LogP contribution in [0, 0.1) is 35.0 Å². The summed E-state index contributed by atoms with van der Waals surface area (Å²) in [6.45, 7) is 8.81. The molecule has 0 saturated heterocycles. The van der Waals surface area contributed by atoms with Gasteiger partial charge < -0.3 is 24.7 Å². The van der Waals surface area contributed by atoms with E-state index in [9.17, 15) is 24.3 Å². The van der Waals surface area contributed by atoms with Crippen LogP contribution in [0.3, 0.4) is 0 Å². The molecule has 0 bridgehead atoms. The summed E-state index contributed by atoms with van der Waals surface area (Å²) in [6.07, 6.45) is 4.14.